The van der Waals surface area contributed by atoms with Gasteiger partial charge in [-0.3, -0.25) is 14.9 Å². The zero-order chi connectivity index (χ0) is 24.8. The summed E-state index contributed by atoms with van der Waals surface area (Å²) in [5, 5.41) is 8.51. The average Bonchev–Trinajstić information content (AvgIpc) is 3.63. The minimum Gasteiger partial charge on any atom is -0.333 e. The summed E-state index contributed by atoms with van der Waals surface area (Å²) in [7, 11) is 0. The van der Waals surface area contributed by atoms with E-state index >= 15 is 0 Å². The van der Waals surface area contributed by atoms with Crippen LogP contribution in [0.15, 0.2) is 42.3 Å². The van der Waals surface area contributed by atoms with E-state index in [0.717, 1.165) is 51.0 Å². The van der Waals surface area contributed by atoms with E-state index in [1.807, 2.05) is 35.8 Å². The number of pyridine rings is 1. The van der Waals surface area contributed by atoms with Crippen LogP contribution < -0.4 is 5.73 Å². The molecule has 5 heterocycles. The molecule has 0 spiro atoms. The predicted octanol–water partition coefficient (Wildman–Crippen LogP) is 3.87. The molecule has 5 aromatic rings. The number of fused-ring (bicyclic) bond motifs is 2. The maximum atomic E-state index is 13.2. The number of benzene rings is 1. The molecule has 1 aromatic carbocycles. The first-order valence-electron chi connectivity index (χ1n) is 11.9. The summed E-state index contributed by atoms with van der Waals surface area (Å²) in [6.45, 7) is 5.33. The van der Waals surface area contributed by atoms with Gasteiger partial charge in [0.05, 0.1) is 29.5 Å². The van der Waals surface area contributed by atoms with Crippen LogP contribution in [0.2, 0.25) is 0 Å². The molecule has 4 aromatic heterocycles. The van der Waals surface area contributed by atoms with Crippen molar-refractivity contribution in [2.75, 3.05) is 6.54 Å². The third-order valence-corrected chi connectivity index (χ3v) is 7.59. The second-order valence-corrected chi connectivity index (χ2v) is 10.3. The van der Waals surface area contributed by atoms with Crippen molar-refractivity contribution < 1.29 is 4.79 Å². The number of thiazole rings is 1. The van der Waals surface area contributed by atoms with Gasteiger partial charge in [-0.1, -0.05) is 6.07 Å². The second-order valence-electron chi connectivity index (χ2n) is 9.33. The highest BCUT2D eigenvalue weighted by atomic mass is 32.1. The molecule has 36 heavy (non-hydrogen) atoms. The van der Waals surface area contributed by atoms with Crippen molar-refractivity contribution in [3.05, 3.63) is 69.7 Å². The molecule has 182 valence electrons. The van der Waals surface area contributed by atoms with Gasteiger partial charge in [-0.05, 0) is 49.1 Å². The van der Waals surface area contributed by atoms with Crippen LogP contribution in [0.1, 0.15) is 39.1 Å². The lowest BCUT2D eigenvalue weighted by atomic mass is 9.95. The van der Waals surface area contributed by atoms with Crippen molar-refractivity contribution in [3.63, 3.8) is 0 Å². The third-order valence-electron chi connectivity index (χ3n) is 6.73. The fourth-order valence-corrected chi connectivity index (χ4v) is 5.62. The van der Waals surface area contributed by atoms with Crippen molar-refractivity contribution in [2.24, 2.45) is 5.73 Å². The lowest BCUT2D eigenvalue weighted by molar-refractivity contribution is 0.0731. The van der Waals surface area contributed by atoms with Crippen molar-refractivity contribution in [1.82, 2.24) is 35.0 Å². The normalized spacial score (nSPS) is 14.2. The molecule has 0 bridgehead atoms. The van der Waals surface area contributed by atoms with E-state index in [0.29, 0.717) is 30.3 Å². The number of carbonyl (C=O) groups is 1. The second kappa shape index (κ2) is 8.96. The van der Waals surface area contributed by atoms with Gasteiger partial charge in [0.15, 0.2) is 5.82 Å². The molecule has 9 nitrogen and oxygen atoms in total. The Morgan fingerprint density at radius 3 is 3.00 bits per heavy atom. The van der Waals surface area contributed by atoms with E-state index in [4.69, 9.17) is 5.73 Å². The number of rotatable bonds is 5. The molecule has 4 N–H and O–H groups in total. The van der Waals surface area contributed by atoms with Crippen molar-refractivity contribution in [2.45, 2.75) is 39.3 Å². The first-order chi connectivity index (χ1) is 17.5. The fraction of sp³-hybridized carbons (Fsp3) is 0.269. The maximum absolute atomic E-state index is 13.2. The summed E-state index contributed by atoms with van der Waals surface area (Å²) < 4.78 is 0. The van der Waals surface area contributed by atoms with Crippen molar-refractivity contribution >= 4 is 28.1 Å². The number of nitrogens with one attached hydrogen (secondary N) is 2. The summed E-state index contributed by atoms with van der Waals surface area (Å²) in [4.78, 5) is 32.7. The van der Waals surface area contributed by atoms with E-state index < -0.39 is 0 Å². The minimum absolute atomic E-state index is 0.0635. The molecule has 1 unspecified atom stereocenters. The summed E-state index contributed by atoms with van der Waals surface area (Å²) in [6, 6.07) is 6.22. The van der Waals surface area contributed by atoms with Crippen LogP contribution in [-0.4, -0.2) is 53.5 Å². The number of hydrogen-bond donors (Lipinski definition) is 3. The maximum Gasteiger partial charge on any atom is 0.272 e. The molecule has 0 aliphatic carbocycles. The number of aromatic amines is 2. The first-order valence-corrected chi connectivity index (χ1v) is 12.8. The van der Waals surface area contributed by atoms with Gasteiger partial charge in [0.2, 0.25) is 0 Å². The highest BCUT2D eigenvalue weighted by Gasteiger charge is 2.25. The van der Waals surface area contributed by atoms with Gasteiger partial charge < -0.3 is 15.6 Å². The molecule has 0 radical (unpaired) electrons. The minimum atomic E-state index is -0.0685. The van der Waals surface area contributed by atoms with Gasteiger partial charge >= 0.3 is 0 Å². The molecule has 0 fully saturated rings. The zero-order valence-electron chi connectivity index (χ0n) is 20.1. The van der Waals surface area contributed by atoms with Gasteiger partial charge in [-0.2, -0.15) is 5.10 Å². The van der Waals surface area contributed by atoms with E-state index in [2.05, 4.69) is 49.2 Å². The van der Waals surface area contributed by atoms with Crippen molar-refractivity contribution in [3.8, 4) is 22.6 Å². The third kappa shape index (κ3) is 3.98. The Bertz CT molecular complexity index is 1580. The van der Waals surface area contributed by atoms with E-state index in [9.17, 15) is 4.79 Å². The lowest BCUT2D eigenvalue weighted by Gasteiger charge is -2.25. The Hall–Kier alpha value is -3.89. The van der Waals surface area contributed by atoms with Gasteiger partial charge in [0, 0.05) is 47.2 Å². The zero-order valence-corrected chi connectivity index (χ0v) is 20.9. The highest BCUT2D eigenvalue weighted by Crippen LogP contribution is 2.32. The van der Waals surface area contributed by atoms with Gasteiger partial charge in [-0.15, -0.1) is 11.3 Å². The Kier molecular flexibility index (Phi) is 5.62. The molecule has 1 aliphatic heterocycles. The van der Waals surface area contributed by atoms with Gasteiger partial charge in [0.1, 0.15) is 11.4 Å². The van der Waals surface area contributed by atoms with Crippen LogP contribution in [-0.2, 0) is 19.4 Å². The molecule has 1 aliphatic rings. The number of aromatic nitrogens is 6. The molecule has 6 rings (SSSR count). The predicted molar refractivity (Wildman–Crippen MR) is 140 cm³/mol. The van der Waals surface area contributed by atoms with Crippen LogP contribution >= 0.6 is 11.3 Å². The number of amides is 1. The summed E-state index contributed by atoms with van der Waals surface area (Å²) in [5.41, 5.74) is 15.4. The Labute approximate surface area is 211 Å². The SMILES string of the molecule is Cc1c(CC(C)N)cncc1-c1ccc2[nH]nc(-c3ncc(C(=O)N4CCc5ncsc5C4)[nH]3)c2c1. The molecular formula is C26H26N8OS. The molecule has 0 saturated carbocycles. The summed E-state index contributed by atoms with van der Waals surface area (Å²) in [5.74, 6) is 0.485. The monoisotopic (exact) mass is 498 g/mol. The fourth-order valence-electron chi connectivity index (χ4n) is 4.79. The highest BCUT2D eigenvalue weighted by molar-refractivity contribution is 7.09. The Morgan fingerprint density at radius 2 is 2.14 bits per heavy atom. The number of H-pyrrole nitrogens is 2. The molecule has 10 heteroatoms. The molecule has 0 saturated heterocycles. The first kappa shape index (κ1) is 22.6. The lowest BCUT2D eigenvalue weighted by Crippen LogP contribution is -2.35. The standard InChI is InChI=1S/C26H26N8OS/c1-14(27)7-17-9-28-10-19(15(17)2)16-3-4-20-18(8-16)24(33-32-20)25-29-11-22(31-25)26(35)34-6-5-21-23(12-34)36-13-30-21/h3-4,8-11,13-14H,5-7,12,27H2,1-2H3,(H,29,31)(H,32,33). The number of nitrogens with two attached hydrogens (primary N) is 1. The van der Waals surface area contributed by atoms with E-state index in [1.54, 1.807) is 17.5 Å². The van der Waals surface area contributed by atoms with Crippen LogP contribution in [0, 0.1) is 6.92 Å². The summed E-state index contributed by atoms with van der Waals surface area (Å²) in [6.07, 6.45) is 6.92. The average molecular weight is 499 g/mol. The Balaban J connectivity index is 1.31. The smallest absolute Gasteiger partial charge is 0.272 e. The van der Waals surface area contributed by atoms with Gasteiger partial charge in [0.25, 0.3) is 5.91 Å². The largest absolute Gasteiger partial charge is 0.333 e. The molecular weight excluding hydrogens is 472 g/mol. The molecule has 1 atom stereocenters. The van der Waals surface area contributed by atoms with Crippen LogP contribution in [0.5, 0.6) is 0 Å². The van der Waals surface area contributed by atoms with Gasteiger partial charge in [-0.25, -0.2) is 9.97 Å². The van der Waals surface area contributed by atoms with E-state index in [1.165, 1.54) is 5.56 Å². The van der Waals surface area contributed by atoms with Crippen molar-refractivity contribution in [1.29, 1.82) is 0 Å². The number of carbonyl (C=O) groups excluding carboxylic acids is 1. The van der Waals surface area contributed by atoms with Crippen LogP contribution in [0.4, 0.5) is 0 Å². The van der Waals surface area contributed by atoms with Crippen LogP contribution in [0.25, 0.3) is 33.5 Å². The van der Waals surface area contributed by atoms with E-state index in [-0.39, 0.29) is 11.9 Å². The number of imidazole rings is 1. The topological polar surface area (TPSA) is 129 Å². The van der Waals surface area contributed by atoms with Crippen LogP contribution in [0.3, 0.4) is 0 Å². The Morgan fingerprint density at radius 1 is 1.25 bits per heavy atom. The molecule has 1 amide bonds. The number of hydrogen-bond acceptors (Lipinski definition) is 7. The number of nitrogens with zero attached hydrogens (tertiary/aromatic N) is 5. The quantitative estimate of drug-likeness (QED) is 0.337. The summed E-state index contributed by atoms with van der Waals surface area (Å²) >= 11 is 1.59.